The van der Waals surface area contributed by atoms with Crippen molar-refractivity contribution in [3.8, 4) is 0 Å². The molecule has 5 heavy (non-hydrogen) atoms. The highest BCUT2D eigenvalue weighted by Gasteiger charge is 1.89. The van der Waals surface area contributed by atoms with E-state index in [4.69, 9.17) is 4.11 Å². The van der Waals surface area contributed by atoms with Crippen LogP contribution in [0.25, 0.3) is 0 Å². The van der Waals surface area contributed by atoms with Crippen molar-refractivity contribution in [3.63, 3.8) is 0 Å². The summed E-state index contributed by atoms with van der Waals surface area (Å²) in [6, 6.07) is 0. The molecule has 0 N–H and O–H groups in total. The molecule has 32 valence electrons. The lowest BCUT2D eigenvalue weighted by Crippen LogP contribution is -1.61. The lowest BCUT2D eigenvalue weighted by Gasteiger charge is -1.86. The van der Waals surface area contributed by atoms with E-state index < -0.39 is 13.7 Å². The van der Waals surface area contributed by atoms with Gasteiger partial charge in [0, 0.05) is 4.11 Å². The van der Waals surface area contributed by atoms with Crippen molar-refractivity contribution in [3.05, 3.63) is 0 Å². The number of hydrogen-bond donors (Lipinski definition) is 0. The molecule has 0 aromatic carbocycles. The Balaban J connectivity index is 4.26. The first-order chi connectivity index (χ1) is 3.25. The Labute approximate surface area is 37.0 Å². The molecule has 0 atom stereocenters. The van der Waals surface area contributed by atoms with Crippen molar-refractivity contribution in [2.75, 3.05) is 19.9 Å². The fourth-order valence-electron chi connectivity index (χ4n) is 0. The van der Waals surface area contributed by atoms with Gasteiger partial charge in [-0.15, -0.1) is 0 Å². The largest absolute Gasteiger partial charge is 0.324 e. The Morgan fingerprint density at radius 1 is 1.80 bits per heavy atom. The molecule has 0 bridgehead atoms. The highest BCUT2D eigenvalue weighted by molar-refractivity contribution is 7.61. The summed E-state index contributed by atoms with van der Waals surface area (Å²) in [5.74, 6) is 0. The van der Waals surface area contributed by atoms with Crippen LogP contribution < -0.4 is 0 Å². The van der Waals surface area contributed by atoms with E-state index in [0.717, 1.165) is 0 Å². The first kappa shape index (κ1) is 1.79. The molecular weight excluding hydrogens is 83.0 g/mol. The molecule has 0 heterocycles. The molecule has 0 radical (unpaired) electrons. The minimum atomic E-state index is -2.85. The Morgan fingerprint density at radius 3 is 2.00 bits per heavy atom. The Morgan fingerprint density at radius 2 is 2.00 bits per heavy atom. The second-order valence-electron chi connectivity index (χ2n) is 1.35. The van der Waals surface area contributed by atoms with Crippen LogP contribution in [0.3, 0.4) is 0 Å². The Bertz CT molecular complexity index is 121. The summed E-state index contributed by atoms with van der Waals surface area (Å²) >= 11 is 0. The van der Waals surface area contributed by atoms with Crippen LogP contribution in [0.2, 0.25) is 0 Å². The van der Waals surface area contributed by atoms with E-state index in [-0.39, 0.29) is 0 Å². The molecule has 2 heteroatoms. The van der Waals surface area contributed by atoms with Crippen molar-refractivity contribution < 1.29 is 8.68 Å². The number of hydrogen-bond acceptors (Lipinski definition) is 1. The Hall–Kier alpha value is 0.230. The van der Waals surface area contributed by atoms with Gasteiger partial charge in [-0.3, -0.25) is 0 Å². The van der Waals surface area contributed by atoms with Crippen LogP contribution in [0.15, 0.2) is 0 Å². The summed E-state index contributed by atoms with van der Waals surface area (Å²) in [4.78, 5) is 0. The maximum absolute atomic E-state index is 10.7. The standard InChI is InChI=1S/C3H9OP/c1-5(2,3)4/h1-3H3/i1D3. The van der Waals surface area contributed by atoms with Gasteiger partial charge >= 0.3 is 0 Å². The molecule has 0 aromatic rings. The van der Waals surface area contributed by atoms with Crippen LogP contribution in [0, 0.1) is 0 Å². The minimum absolute atomic E-state index is 1.26. The van der Waals surface area contributed by atoms with Crippen LogP contribution in [-0.2, 0) is 4.57 Å². The molecule has 1 nitrogen and oxygen atoms in total. The predicted molar refractivity (Wildman–Crippen MR) is 25.4 cm³/mol. The van der Waals surface area contributed by atoms with Crippen LogP contribution in [0.5, 0.6) is 0 Å². The zero-order chi connectivity index (χ0) is 7.00. The van der Waals surface area contributed by atoms with Gasteiger partial charge in [0.05, 0.1) is 7.14 Å². The summed E-state index contributed by atoms with van der Waals surface area (Å²) < 4.78 is 30.6. The number of rotatable bonds is 0. The van der Waals surface area contributed by atoms with E-state index in [0.29, 0.717) is 0 Å². The van der Waals surface area contributed by atoms with Crippen LogP contribution in [-0.4, -0.2) is 19.9 Å². The van der Waals surface area contributed by atoms with Gasteiger partial charge in [0.2, 0.25) is 0 Å². The highest BCUT2D eigenvalue weighted by Crippen LogP contribution is 2.28. The van der Waals surface area contributed by atoms with Gasteiger partial charge in [0.1, 0.15) is 0 Å². The van der Waals surface area contributed by atoms with Crippen LogP contribution >= 0.6 is 7.14 Å². The van der Waals surface area contributed by atoms with Gasteiger partial charge in [-0.2, -0.15) is 0 Å². The predicted octanol–water partition coefficient (Wildman–Crippen LogP) is 1.24. The average Bonchev–Trinajstić information content (AvgIpc) is 1.25. The summed E-state index contributed by atoms with van der Waals surface area (Å²) in [5, 5.41) is 0. The average molecular weight is 95.1 g/mol. The molecule has 0 aliphatic rings. The summed E-state index contributed by atoms with van der Waals surface area (Å²) in [6.07, 6.45) is 0. The van der Waals surface area contributed by atoms with Gasteiger partial charge in [-0.05, 0) is 19.9 Å². The second-order valence-corrected chi connectivity index (χ2v) is 4.05. The smallest absolute Gasteiger partial charge is 0.0790 e. The molecule has 0 spiro atoms. The summed E-state index contributed by atoms with van der Waals surface area (Å²) in [6.45, 7) is 0.271. The fraction of sp³-hybridized carbons (Fsp3) is 1.00. The molecule has 0 aromatic heterocycles. The van der Waals surface area contributed by atoms with E-state index in [1.807, 2.05) is 0 Å². The lowest BCUT2D eigenvalue weighted by atomic mass is 11.9. The van der Waals surface area contributed by atoms with Crippen LogP contribution in [0.1, 0.15) is 4.11 Å². The normalized spacial score (nSPS) is 23.2. The van der Waals surface area contributed by atoms with Crippen molar-refractivity contribution in [2.24, 2.45) is 0 Å². The maximum atomic E-state index is 10.7. The van der Waals surface area contributed by atoms with Crippen LogP contribution in [0.4, 0.5) is 0 Å². The molecular formula is C3H9OP. The van der Waals surface area contributed by atoms with Crippen molar-refractivity contribution in [1.29, 1.82) is 0 Å². The zero-order valence-electron chi connectivity index (χ0n) is 6.36. The molecule has 0 amide bonds. The maximum Gasteiger partial charge on any atom is 0.0790 e. The summed E-state index contributed by atoms with van der Waals surface area (Å²) in [7, 11) is -2.85. The monoisotopic (exact) mass is 95.1 g/mol. The first-order valence-electron chi connectivity index (χ1n) is 2.80. The molecule has 0 unspecified atom stereocenters. The topological polar surface area (TPSA) is 17.1 Å². The molecule has 0 saturated heterocycles. The Kier molecular flexibility index (Phi) is 0.407. The molecule has 0 aliphatic carbocycles. The lowest BCUT2D eigenvalue weighted by molar-refractivity contribution is 0.586. The third kappa shape index (κ3) is 398. The van der Waals surface area contributed by atoms with E-state index in [1.165, 1.54) is 13.3 Å². The van der Waals surface area contributed by atoms with Gasteiger partial charge in [-0.1, -0.05) is 0 Å². The van der Waals surface area contributed by atoms with Crippen molar-refractivity contribution >= 4 is 7.14 Å². The molecule has 0 saturated carbocycles. The quantitative estimate of drug-likeness (QED) is 0.414. The zero-order valence-corrected chi connectivity index (χ0v) is 4.25. The van der Waals surface area contributed by atoms with E-state index >= 15 is 0 Å². The van der Waals surface area contributed by atoms with E-state index in [2.05, 4.69) is 0 Å². The third-order valence-electron chi connectivity index (χ3n) is 0. The highest BCUT2D eigenvalue weighted by atomic mass is 31.2. The molecule has 0 aliphatic heterocycles. The van der Waals surface area contributed by atoms with Gasteiger partial charge in [0.25, 0.3) is 0 Å². The second kappa shape index (κ2) is 1.14. The third-order valence-corrected chi connectivity index (χ3v) is 0. The van der Waals surface area contributed by atoms with Gasteiger partial charge < -0.3 is 4.57 Å². The van der Waals surface area contributed by atoms with E-state index in [9.17, 15) is 4.57 Å². The van der Waals surface area contributed by atoms with Crippen molar-refractivity contribution in [2.45, 2.75) is 0 Å². The minimum Gasteiger partial charge on any atom is -0.324 e. The van der Waals surface area contributed by atoms with Gasteiger partial charge in [-0.25, -0.2) is 0 Å². The fourth-order valence-corrected chi connectivity index (χ4v) is 0. The first-order valence-corrected chi connectivity index (χ1v) is 3.90. The van der Waals surface area contributed by atoms with Gasteiger partial charge in [0.15, 0.2) is 0 Å². The van der Waals surface area contributed by atoms with E-state index in [1.54, 1.807) is 0 Å². The SMILES string of the molecule is [2H]C([2H])([2H])P(C)(C)=O. The molecule has 0 fully saturated rings. The summed E-state index contributed by atoms with van der Waals surface area (Å²) in [5.41, 5.74) is 0. The molecule has 0 rings (SSSR count). The van der Waals surface area contributed by atoms with Crippen molar-refractivity contribution in [1.82, 2.24) is 0 Å².